The predicted molar refractivity (Wildman–Crippen MR) is 119 cm³/mol. The number of unbranched alkanes of at least 4 members (excludes halogenated alkanes) is 7. The summed E-state index contributed by atoms with van der Waals surface area (Å²) in [6.07, 6.45) is 11.1. The van der Waals surface area contributed by atoms with Crippen LogP contribution in [0.5, 0.6) is 0 Å². The van der Waals surface area contributed by atoms with Crippen LogP contribution in [-0.2, 0) is 16.0 Å². The molecule has 1 aromatic rings. The zero-order valence-electron chi connectivity index (χ0n) is 18.7. The molecule has 5 heteroatoms. The number of carboxylic acid groups (broad SMARTS) is 1. The van der Waals surface area contributed by atoms with E-state index in [1.54, 1.807) is 0 Å². The van der Waals surface area contributed by atoms with E-state index in [4.69, 9.17) is 5.11 Å². The Morgan fingerprint density at radius 2 is 1.45 bits per heavy atom. The van der Waals surface area contributed by atoms with Crippen molar-refractivity contribution in [2.75, 3.05) is 27.7 Å². The summed E-state index contributed by atoms with van der Waals surface area (Å²) in [7, 11) is 6.01. The molecule has 29 heavy (non-hydrogen) atoms. The van der Waals surface area contributed by atoms with Crippen molar-refractivity contribution in [2.24, 2.45) is 0 Å². The Morgan fingerprint density at radius 1 is 0.897 bits per heavy atom. The summed E-state index contributed by atoms with van der Waals surface area (Å²) in [5.41, 5.74) is 1.43. The zero-order chi connectivity index (χ0) is 21.5. The van der Waals surface area contributed by atoms with E-state index < -0.39 is 5.97 Å². The number of hydrogen-bond acceptors (Lipinski definition) is 2. The number of carbonyl (C=O) groups excluding carboxylic acids is 1. The summed E-state index contributed by atoms with van der Waals surface area (Å²) in [5, 5.41) is 12.0. The number of nitrogens with one attached hydrogen (secondary N) is 1. The minimum absolute atomic E-state index is 0.0223. The molecule has 1 rings (SSSR count). The highest BCUT2D eigenvalue weighted by molar-refractivity contribution is 5.77. The van der Waals surface area contributed by atoms with E-state index >= 15 is 0 Å². The van der Waals surface area contributed by atoms with Crippen LogP contribution in [0.2, 0.25) is 0 Å². The van der Waals surface area contributed by atoms with Crippen molar-refractivity contribution < 1.29 is 19.2 Å². The Hall–Kier alpha value is -1.88. The molecule has 0 aliphatic heterocycles. The smallest absolute Gasteiger partial charge is 0.305 e. The molecular weight excluding hydrogens is 364 g/mol. The Kier molecular flexibility index (Phi) is 12.3. The summed E-state index contributed by atoms with van der Waals surface area (Å²) in [5.74, 6) is -0.891. The van der Waals surface area contributed by atoms with Crippen molar-refractivity contribution in [3.8, 4) is 0 Å². The van der Waals surface area contributed by atoms with E-state index in [0.29, 0.717) is 17.4 Å². The second-order valence-electron chi connectivity index (χ2n) is 9.15. The van der Waals surface area contributed by atoms with Gasteiger partial charge in [-0.05, 0) is 24.8 Å². The summed E-state index contributed by atoms with van der Waals surface area (Å²) >= 11 is 0. The maximum Gasteiger partial charge on any atom is 0.305 e. The number of amides is 1. The van der Waals surface area contributed by atoms with Crippen LogP contribution in [0.3, 0.4) is 0 Å². The molecule has 1 atom stereocenters. The third-order valence-corrected chi connectivity index (χ3v) is 5.02. The van der Waals surface area contributed by atoms with Crippen molar-refractivity contribution in [1.29, 1.82) is 0 Å². The number of carbonyl (C=O) groups is 2. The van der Waals surface area contributed by atoms with Gasteiger partial charge in [0.25, 0.3) is 0 Å². The van der Waals surface area contributed by atoms with Gasteiger partial charge in [-0.25, -0.2) is 0 Å². The van der Waals surface area contributed by atoms with Gasteiger partial charge in [0.05, 0.1) is 40.2 Å². The molecule has 0 radical (unpaired) electrons. The first kappa shape index (κ1) is 25.2. The quantitative estimate of drug-likeness (QED) is 0.316. The number of aryl methyl sites for hydroxylation is 1. The Bertz CT molecular complexity index is 582. The van der Waals surface area contributed by atoms with Gasteiger partial charge in [-0.3, -0.25) is 9.59 Å². The third kappa shape index (κ3) is 14.7. The topological polar surface area (TPSA) is 66.4 Å². The van der Waals surface area contributed by atoms with E-state index in [2.05, 4.69) is 35.6 Å². The lowest BCUT2D eigenvalue weighted by atomic mass is 10.0. The molecule has 0 aliphatic rings. The Balaban J connectivity index is 2.02. The number of aliphatic carboxylic acids is 1. The minimum atomic E-state index is -0.868. The molecule has 0 saturated carbocycles. The first-order chi connectivity index (χ1) is 13.8. The molecule has 164 valence electrons. The average molecular weight is 406 g/mol. The molecule has 2 N–H and O–H groups in total. The van der Waals surface area contributed by atoms with Gasteiger partial charge in [-0.2, -0.15) is 0 Å². The van der Waals surface area contributed by atoms with Crippen LogP contribution in [0.15, 0.2) is 30.3 Å². The number of likely N-dealkylation sites (N-methyl/N-ethyl adjacent to an activating group) is 1. The third-order valence-electron chi connectivity index (χ3n) is 5.02. The van der Waals surface area contributed by atoms with E-state index in [0.717, 1.165) is 12.8 Å². The van der Waals surface area contributed by atoms with Gasteiger partial charge in [0.15, 0.2) is 0 Å². The lowest BCUT2D eigenvalue weighted by molar-refractivity contribution is -0.871. The van der Waals surface area contributed by atoms with Crippen LogP contribution < -0.4 is 5.32 Å². The van der Waals surface area contributed by atoms with Crippen LogP contribution in [0.4, 0.5) is 0 Å². The summed E-state index contributed by atoms with van der Waals surface area (Å²) < 4.78 is 0.629. The molecule has 0 fully saturated rings. The van der Waals surface area contributed by atoms with Gasteiger partial charge in [-0.15, -0.1) is 0 Å². The van der Waals surface area contributed by atoms with Gasteiger partial charge >= 0.3 is 5.97 Å². The molecule has 0 spiro atoms. The van der Waals surface area contributed by atoms with Crippen molar-refractivity contribution in [2.45, 2.75) is 76.7 Å². The number of carboxylic acids is 1. The number of rotatable bonds is 16. The predicted octanol–water partition coefficient (Wildman–Crippen LogP) is 4.41. The highest BCUT2D eigenvalue weighted by atomic mass is 16.4. The molecule has 0 saturated heterocycles. The fourth-order valence-electron chi connectivity index (χ4n) is 3.65. The molecule has 1 aromatic carbocycles. The molecule has 0 unspecified atom stereocenters. The Morgan fingerprint density at radius 3 is 2.00 bits per heavy atom. The maximum atomic E-state index is 12.1. The van der Waals surface area contributed by atoms with Crippen LogP contribution in [0.1, 0.15) is 69.8 Å². The van der Waals surface area contributed by atoms with Crippen molar-refractivity contribution in [3.05, 3.63) is 35.9 Å². The van der Waals surface area contributed by atoms with Crippen molar-refractivity contribution >= 4 is 11.9 Å². The molecule has 0 aliphatic carbocycles. The molecule has 1 amide bonds. The minimum Gasteiger partial charge on any atom is -0.481 e. The zero-order valence-corrected chi connectivity index (χ0v) is 18.7. The van der Waals surface area contributed by atoms with Gasteiger partial charge in [-0.1, -0.05) is 68.9 Å². The van der Waals surface area contributed by atoms with Crippen LogP contribution in [-0.4, -0.2) is 55.2 Å². The van der Waals surface area contributed by atoms with Crippen molar-refractivity contribution in [1.82, 2.24) is 5.32 Å². The van der Waals surface area contributed by atoms with E-state index in [9.17, 15) is 9.59 Å². The molecule has 0 bridgehead atoms. The van der Waals surface area contributed by atoms with Crippen LogP contribution in [0.25, 0.3) is 0 Å². The van der Waals surface area contributed by atoms with Crippen LogP contribution in [0, 0.1) is 0 Å². The monoisotopic (exact) mass is 405 g/mol. The standard InChI is InChI=1S/C24H40N2O3/c1-26(2,3)20-22(19-24(28)29)25-23(27)18-14-9-7-5-4-6-8-11-15-21-16-12-10-13-17-21/h10,12-13,16-17,22H,4-9,11,14-15,18-20H2,1-3H3,(H-,25,27,28,29)/p+1/t22-/m1/s1. The number of quaternary nitrogens is 1. The number of hydrogen-bond donors (Lipinski definition) is 2. The van der Waals surface area contributed by atoms with E-state index in [1.807, 2.05) is 21.1 Å². The average Bonchev–Trinajstić information content (AvgIpc) is 2.62. The fraction of sp³-hybridized carbons (Fsp3) is 0.667. The van der Waals surface area contributed by atoms with Gasteiger partial charge < -0.3 is 14.9 Å². The second kappa shape index (κ2) is 14.2. The van der Waals surface area contributed by atoms with Crippen molar-refractivity contribution in [3.63, 3.8) is 0 Å². The fourth-order valence-corrected chi connectivity index (χ4v) is 3.65. The summed E-state index contributed by atoms with van der Waals surface area (Å²) in [4.78, 5) is 23.2. The first-order valence-corrected chi connectivity index (χ1v) is 11.1. The van der Waals surface area contributed by atoms with Crippen LogP contribution >= 0.6 is 0 Å². The van der Waals surface area contributed by atoms with E-state index in [-0.39, 0.29) is 18.4 Å². The SMILES string of the molecule is C[N+](C)(C)C[C@@H](CC(=O)O)NC(=O)CCCCCCCCCCc1ccccc1. The first-order valence-electron chi connectivity index (χ1n) is 11.1. The largest absolute Gasteiger partial charge is 0.481 e. The Labute approximate surface area is 177 Å². The number of nitrogens with zero attached hydrogens (tertiary/aromatic N) is 1. The molecule has 0 heterocycles. The summed E-state index contributed by atoms with van der Waals surface area (Å²) in [6, 6.07) is 10.4. The van der Waals surface area contributed by atoms with Gasteiger partial charge in [0.1, 0.15) is 0 Å². The second-order valence-corrected chi connectivity index (χ2v) is 9.15. The molecule has 5 nitrogen and oxygen atoms in total. The highest BCUT2D eigenvalue weighted by Crippen LogP contribution is 2.12. The van der Waals surface area contributed by atoms with E-state index in [1.165, 1.54) is 50.5 Å². The normalized spacial score (nSPS) is 12.5. The molecular formula is C24H41N2O3+. The summed E-state index contributed by atoms with van der Waals surface area (Å²) in [6.45, 7) is 0.613. The number of benzene rings is 1. The van der Waals surface area contributed by atoms with Gasteiger partial charge in [0, 0.05) is 6.42 Å². The lowest BCUT2D eigenvalue weighted by Gasteiger charge is -2.29. The lowest BCUT2D eigenvalue weighted by Crippen LogP contribution is -2.49. The van der Waals surface area contributed by atoms with Gasteiger partial charge in [0.2, 0.25) is 5.91 Å². The maximum absolute atomic E-state index is 12.1. The molecule has 0 aromatic heterocycles. The highest BCUT2D eigenvalue weighted by Gasteiger charge is 2.22.